The van der Waals surface area contributed by atoms with E-state index in [2.05, 4.69) is 5.43 Å². The third-order valence-electron chi connectivity index (χ3n) is 6.75. The fourth-order valence-corrected chi connectivity index (χ4v) is 5.63. The molecule has 4 fully saturated rings. The van der Waals surface area contributed by atoms with Gasteiger partial charge in [0.1, 0.15) is 0 Å². The number of hydrogen-bond donors (Lipinski definition) is 2. The molecule has 3 aliphatic carbocycles. The van der Waals surface area contributed by atoms with Crippen molar-refractivity contribution in [3.8, 4) is 0 Å². The highest BCUT2D eigenvalue weighted by molar-refractivity contribution is 5.01. The van der Waals surface area contributed by atoms with E-state index in [0.717, 1.165) is 30.3 Å². The molecule has 108 valence electrons. The van der Waals surface area contributed by atoms with Gasteiger partial charge < -0.3 is 4.74 Å². The van der Waals surface area contributed by atoms with E-state index in [-0.39, 0.29) is 5.60 Å². The molecule has 3 N–H and O–H groups in total. The predicted octanol–water partition coefficient (Wildman–Crippen LogP) is 2.60. The molecule has 3 nitrogen and oxygen atoms in total. The van der Waals surface area contributed by atoms with Gasteiger partial charge in [0.25, 0.3) is 0 Å². The van der Waals surface area contributed by atoms with Crippen molar-refractivity contribution in [2.24, 2.45) is 29.5 Å². The predicted molar refractivity (Wildman–Crippen MR) is 75.3 cm³/mol. The Labute approximate surface area is 116 Å². The van der Waals surface area contributed by atoms with Crippen molar-refractivity contribution in [3.63, 3.8) is 0 Å². The zero-order valence-electron chi connectivity index (χ0n) is 11.9. The van der Waals surface area contributed by atoms with Crippen molar-refractivity contribution in [1.29, 1.82) is 0 Å². The molecule has 1 saturated heterocycles. The SMILES string of the molecule is NNC(C1CCOC2(CCC2)C1)C1CC2CCC1C2. The minimum absolute atomic E-state index is 0.260. The molecule has 0 aromatic carbocycles. The monoisotopic (exact) mass is 264 g/mol. The summed E-state index contributed by atoms with van der Waals surface area (Å²) in [6.07, 6.45) is 12.3. The maximum atomic E-state index is 6.08. The van der Waals surface area contributed by atoms with E-state index in [1.165, 1.54) is 57.8 Å². The lowest BCUT2D eigenvalue weighted by Gasteiger charge is -2.50. The number of nitrogens with two attached hydrogens (primary N) is 1. The Morgan fingerprint density at radius 2 is 2.05 bits per heavy atom. The van der Waals surface area contributed by atoms with Gasteiger partial charge in [0, 0.05) is 12.6 Å². The molecule has 1 aliphatic heterocycles. The van der Waals surface area contributed by atoms with Crippen LogP contribution in [0.25, 0.3) is 0 Å². The Morgan fingerprint density at radius 1 is 1.16 bits per heavy atom. The highest BCUT2D eigenvalue weighted by Crippen LogP contribution is 2.52. The topological polar surface area (TPSA) is 47.3 Å². The van der Waals surface area contributed by atoms with Crippen LogP contribution >= 0.6 is 0 Å². The van der Waals surface area contributed by atoms with Gasteiger partial charge in [0.15, 0.2) is 0 Å². The maximum Gasteiger partial charge on any atom is 0.0685 e. The molecule has 0 radical (unpaired) electrons. The normalized spacial score (nSPS) is 45.3. The molecule has 3 heteroatoms. The Kier molecular flexibility index (Phi) is 3.13. The minimum atomic E-state index is 0.260. The number of hydrazine groups is 1. The number of fused-ring (bicyclic) bond motifs is 2. The van der Waals surface area contributed by atoms with Crippen LogP contribution in [0, 0.1) is 23.7 Å². The first-order chi connectivity index (χ1) is 9.30. The van der Waals surface area contributed by atoms with Crippen LogP contribution in [-0.4, -0.2) is 18.2 Å². The average Bonchev–Trinajstić information content (AvgIpc) is 3.01. The Balaban J connectivity index is 1.46. The molecule has 3 saturated carbocycles. The Hall–Kier alpha value is -0.120. The molecule has 1 heterocycles. The number of ether oxygens (including phenoxy) is 1. The highest BCUT2D eigenvalue weighted by atomic mass is 16.5. The first-order valence-electron chi connectivity index (χ1n) is 8.40. The fraction of sp³-hybridized carbons (Fsp3) is 1.00. The van der Waals surface area contributed by atoms with E-state index in [1.807, 2.05) is 0 Å². The van der Waals surface area contributed by atoms with Crippen LogP contribution in [0.3, 0.4) is 0 Å². The zero-order valence-corrected chi connectivity index (χ0v) is 11.9. The third-order valence-corrected chi connectivity index (χ3v) is 6.75. The lowest BCUT2D eigenvalue weighted by molar-refractivity contribution is -0.150. The van der Waals surface area contributed by atoms with Gasteiger partial charge in [0.2, 0.25) is 0 Å². The second-order valence-corrected chi connectivity index (χ2v) is 7.67. The first kappa shape index (κ1) is 12.6. The van der Waals surface area contributed by atoms with Crippen molar-refractivity contribution >= 4 is 0 Å². The summed E-state index contributed by atoms with van der Waals surface area (Å²) in [5.41, 5.74) is 3.49. The van der Waals surface area contributed by atoms with Crippen LogP contribution in [0.4, 0.5) is 0 Å². The van der Waals surface area contributed by atoms with Crippen molar-refractivity contribution in [2.75, 3.05) is 6.61 Å². The quantitative estimate of drug-likeness (QED) is 0.608. The molecule has 1 spiro atoms. The molecule has 0 aromatic heterocycles. The van der Waals surface area contributed by atoms with Crippen molar-refractivity contribution in [3.05, 3.63) is 0 Å². The standard InChI is InChI=1S/C16H28N2O/c17-18-15(14-9-11-2-3-12(14)8-11)13-4-7-19-16(10-13)5-1-6-16/h11-15,18H,1-10,17H2. The second-order valence-electron chi connectivity index (χ2n) is 7.67. The van der Waals surface area contributed by atoms with Gasteiger partial charge in [-0.25, -0.2) is 0 Å². The molecule has 19 heavy (non-hydrogen) atoms. The summed E-state index contributed by atoms with van der Waals surface area (Å²) in [6, 6.07) is 0.552. The minimum Gasteiger partial charge on any atom is -0.375 e. The highest BCUT2D eigenvalue weighted by Gasteiger charge is 2.49. The van der Waals surface area contributed by atoms with Gasteiger partial charge in [-0.15, -0.1) is 0 Å². The summed E-state index contributed by atoms with van der Waals surface area (Å²) in [7, 11) is 0. The largest absolute Gasteiger partial charge is 0.375 e. The van der Waals surface area contributed by atoms with E-state index >= 15 is 0 Å². The Bertz CT molecular complexity index is 342. The summed E-state index contributed by atoms with van der Waals surface area (Å²) in [5, 5.41) is 0. The zero-order chi connectivity index (χ0) is 12.9. The van der Waals surface area contributed by atoms with Crippen LogP contribution in [0.1, 0.15) is 57.8 Å². The van der Waals surface area contributed by atoms with Gasteiger partial charge in [-0.1, -0.05) is 6.42 Å². The second kappa shape index (κ2) is 4.71. The van der Waals surface area contributed by atoms with Crippen molar-refractivity contribution in [1.82, 2.24) is 5.43 Å². The summed E-state index contributed by atoms with van der Waals surface area (Å²) < 4.78 is 6.08. The van der Waals surface area contributed by atoms with Crippen LogP contribution in [-0.2, 0) is 4.74 Å². The molecule has 4 aliphatic rings. The summed E-state index contributed by atoms with van der Waals surface area (Å²) in [5.74, 6) is 9.56. The van der Waals surface area contributed by atoms with E-state index in [4.69, 9.17) is 10.6 Å². The molecule has 0 amide bonds. The lowest BCUT2D eigenvalue weighted by Crippen LogP contribution is -2.54. The van der Waals surface area contributed by atoms with Gasteiger partial charge in [-0.3, -0.25) is 11.3 Å². The van der Waals surface area contributed by atoms with Gasteiger partial charge in [0.05, 0.1) is 5.60 Å². The third kappa shape index (κ3) is 2.05. The van der Waals surface area contributed by atoms with Crippen LogP contribution in [0.5, 0.6) is 0 Å². The van der Waals surface area contributed by atoms with Crippen LogP contribution in [0.2, 0.25) is 0 Å². The van der Waals surface area contributed by atoms with Crippen LogP contribution < -0.4 is 11.3 Å². The number of hydrogen-bond acceptors (Lipinski definition) is 3. The van der Waals surface area contributed by atoms with Crippen LogP contribution in [0.15, 0.2) is 0 Å². The summed E-state index contributed by atoms with van der Waals surface area (Å²) >= 11 is 0. The molecule has 5 atom stereocenters. The summed E-state index contributed by atoms with van der Waals surface area (Å²) in [4.78, 5) is 0. The molecular formula is C16H28N2O. The molecule has 4 rings (SSSR count). The fourth-order valence-electron chi connectivity index (χ4n) is 5.63. The van der Waals surface area contributed by atoms with Crippen molar-refractivity contribution < 1.29 is 4.74 Å². The summed E-state index contributed by atoms with van der Waals surface area (Å²) in [6.45, 7) is 0.962. The van der Waals surface area contributed by atoms with E-state index < -0.39 is 0 Å². The van der Waals surface area contributed by atoms with Gasteiger partial charge in [-0.2, -0.15) is 0 Å². The number of rotatable bonds is 3. The van der Waals surface area contributed by atoms with E-state index in [9.17, 15) is 0 Å². The molecule has 2 bridgehead atoms. The van der Waals surface area contributed by atoms with Gasteiger partial charge >= 0.3 is 0 Å². The maximum absolute atomic E-state index is 6.08. The number of nitrogens with one attached hydrogen (secondary N) is 1. The van der Waals surface area contributed by atoms with Gasteiger partial charge in [-0.05, 0) is 75.0 Å². The molecule has 5 unspecified atom stereocenters. The first-order valence-corrected chi connectivity index (χ1v) is 8.40. The molecular weight excluding hydrogens is 236 g/mol. The van der Waals surface area contributed by atoms with E-state index in [0.29, 0.717) is 6.04 Å². The Morgan fingerprint density at radius 3 is 2.63 bits per heavy atom. The lowest BCUT2D eigenvalue weighted by atomic mass is 9.67. The average molecular weight is 264 g/mol. The molecule has 0 aromatic rings. The smallest absolute Gasteiger partial charge is 0.0685 e. The van der Waals surface area contributed by atoms with Crippen molar-refractivity contribution in [2.45, 2.75) is 69.4 Å². The van der Waals surface area contributed by atoms with E-state index in [1.54, 1.807) is 0 Å².